The molecule has 0 aromatic heterocycles. The maximum atomic E-state index is 11.5. The number of carboxylic acid groups (broad SMARTS) is 1. The normalized spacial score (nSPS) is 19.9. The van der Waals surface area contributed by atoms with Crippen LogP contribution in [0.1, 0.15) is 12.5 Å². The van der Waals surface area contributed by atoms with Crippen LogP contribution < -0.4 is 5.32 Å². The van der Waals surface area contributed by atoms with E-state index in [9.17, 15) is 14.7 Å². The van der Waals surface area contributed by atoms with E-state index in [0.29, 0.717) is 11.3 Å². The van der Waals surface area contributed by atoms with Crippen LogP contribution in [0.15, 0.2) is 23.1 Å². The summed E-state index contributed by atoms with van der Waals surface area (Å²) in [5.41, 5.74) is 1.36. The third kappa shape index (κ3) is 2.65. The summed E-state index contributed by atoms with van der Waals surface area (Å²) in [5.74, 6) is -1.32. The summed E-state index contributed by atoms with van der Waals surface area (Å²) in [6.45, 7) is 1.82. The number of carboxylic acids is 1. The lowest BCUT2D eigenvalue weighted by molar-refractivity contribution is -0.146. The van der Waals surface area contributed by atoms with Gasteiger partial charge in [-0.3, -0.25) is 4.79 Å². The molecule has 0 saturated heterocycles. The molecule has 1 aliphatic heterocycles. The molecular formula is C12H13NO4S. The van der Waals surface area contributed by atoms with E-state index in [2.05, 4.69) is 5.32 Å². The summed E-state index contributed by atoms with van der Waals surface area (Å²) < 4.78 is 0. The Balaban J connectivity index is 2.20. The summed E-state index contributed by atoms with van der Waals surface area (Å²) in [6.07, 6.45) is -1.40. The third-order valence-electron chi connectivity index (χ3n) is 2.69. The fourth-order valence-corrected chi connectivity index (χ4v) is 2.62. The van der Waals surface area contributed by atoms with E-state index in [1.165, 1.54) is 11.8 Å². The van der Waals surface area contributed by atoms with Gasteiger partial charge in [-0.2, -0.15) is 0 Å². The van der Waals surface area contributed by atoms with E-state index < -0.39 is 12.1 Å². The average Bonchev–Trinajstić information content (AvgIpc) is 2.31. The van der Waals surface area contributed by atoms with Crippen LogP contribution in [0.25, 0.3) is 0 Å². The topological polar surface area (TPSA) is 86.6 Å². The largest absolute Gasteiger partial charge is 0.479 e. The van der Waals surface area contributed by atoms with Crippen LogP contribution in [0.2, 0.25) is 0 Å². The number of rotatable bonds is 3. The first-order valence-electron chi connectivity index (χ1n) is 5.48. The van der Waals surface area contributed by atoms with Crippen molar-refractivity contribution >= 4 is 29.3 Å². The third-order valence-corrected chi connectivity index (χ3v) is 3.87. The molecule has 0 spiro atoms. The zero-order chi connectivity index (χ0) is 13.3. The predicted molar refractivity (Wildman–Crippen MR) is 67.7 cm³/mol. The Labute approximate surface area is 108 Å². The molecule has 0 aliphatic carbocycles. The molecule has 1 aliphatic rings. The number of benzene rings is 1. The molecule has 3 N–H and O–H groups in total. The van der Waals surface area contributed by atoms with Gasteiger partial charge in [-0.25, -0.2) is 4.79 Å². The lowest BCUT2D eigenvalue weighted by Gasteiger charge is -2.22. The Morgan fingerprint density at radius 1 is 1.56 bits per heavy atom. The second kappa shape index (κ2) is 4.99. The molecule has 5 nitrogen and oxygen atoms in total. The highest BCUT2D eigenvalue weighted by atomic mass is 32.2. The van der Waals surface area contributed by atoms with Crippen LogP contribution in [0.4, 0.5) is 5.69 Å². The molecule has 2 rings (SSSR count). The Morgan fingerprint density at radius 3 is 2.94 bits per heavy atom. The number of carbonyl (C=O) groups excluding carboxylic acids is 1. The first-order chi connectivity index (χ1) is 8.47. The maximum absolute atomic E-state index is 11.5. The second-order valence-electron chi connectivity index (χ2n) is 4.14. The summed E-state index contributed by atoms with van der Waals surface area (Å²) in [4.78, 5) is 23.0. The number of aliphatic hydroxyl groups excluding tert-OH is 1. The molecule has 6 heteroatoms. The molecule has 0 fully saturated rings. The summed E-state index contributed by atoms with van der Waals surface area (Å²) in [6, 6.07) is 5.31. The second-order valence-corrected chi connectivity index (χ2v) is 5.52. The van der Waals surface area contributed by atoms with Crippen LogP contribution in [0, 0.1) is 0 Å². The van der Waals surface area contributed by atoms with Gasteiger partial charge < -0.3 is 15.5 Å². The summed E-state index contributed by atoms with van der Waals surface area (Å²) in [7, 11) is 0. The van der Waals surface area contributed by atoms with Crippen molar-refractivity contribution in [1.82, 2.24) is 0 Å². The van der Waals surface area contributed by atoms with Crippen molar-refractivity contribution < 1.29 is 19.8 Å². The minimum Gasteiger partial charge on any atom is -0.479 e. The van der Waals surface area contributed by atoms with Crippen LogP contribution >= 0.6 is 11.8 Å². The van der Waals surface area contributed by atoms with E-state index in [4.69, 9.17) is 5.11 Å². The van der Waals surface area contributed by atoms with Gasteiger partial charge in [-0.05, 0) is 24.6 Å². The Kier molecular flexibility index (Phi) is 3.58. The highest BCUT2D eigenvalue weighted by Crippen LogP contribution is 2.36. The predicted octanol–water partition coefficient (Wildman–Crippen LogP) is 1.11. The highest BCUT2D eigenvalue weighted by molar-refractivity contribution is 8.00. The number of amides is 1. The smallest absolute Gasteiger partial charge is 0.332 e. The van der Waals surface area contributed by atoms with E-state index in [1.807, 2.05) is 13.0 Å². The lowest BCUT2D eigenvalue weighted by Crippen LogP contribution is -2.27. The Hall–Kier alpha value is -1.53. The van der Waals surface area contributed by atoms with Crippen molar-refractivity contribution in [3.63, 3.8) is 0 Å². The summed E-state index contributed by atoms with van der Waals surface area (Å²) in [5, 5.41) is 20.6. The molecule has 1 amide bonds. The standard InChI is InChI=1S/C12H13NO4S/c1-6-11(15)13-8-4-7(2-3-10(8)18-6)5-9(14)12(16)17/h2-4,6,9,14H,5H2,1H3,(H,13,15)(H,16,17). The van der Waals surface area contributed by atoms with Gasteiger partial charge in [0.1, 0.15) is 0 Å². The van der Waals surface area contributed by atoms with Crippen molar-refractivity contribution in [3.8, 4) is 0 Å². The van der Waals surface area contributed by atoms with E-state index in [0.717, 1.165) is 4.90 Å². The highest BCUT2D eigenvalue weighted by Gasteiger charge is 2.23. The molecule has 2 unspecified atom stereocenters. The fourth-order valence-electron chi connectivity index (χ4n) is 1.69. The first-order valence-corrected chi connectivity index (χ1v) is 6.36. The van der Waals surface area contributed by atoms with Crippen LogP contribution in [-0.2, 0) is 16.0 Å². The number of hydrogen-bond acceptors (Lipinski definition) is 4. The molecule has 1 heterocycles. The summed E-state index contributed by atoms with van der Waals surface area (Å²) >= 11 is 1.46. The van der Waals surface area contributed by atoms with E-state index >= 15 is 0 Å². The van der Waals surface area contributed by atoms with Gasteiger partial charge in [0.25, 0.3) is 0 Å². The molecule has 96 valence electrons. The Morgan fingerprint density at radius 2 is 2.28 bits per heavy atom. The first kappa shape index (κ1) is 12.9. The molecule has 18 heavy (non-hydrogen) atoms. The molecule has 1 aromatic rings. The molecule has 0 bridgehead atoms. The molecular weight excluding hydrogens is 254 g/mol. The van der Waals surface area contributed by atoms with Crippen molar-refractivity contribution in [3.05, 3.63) is 23.8 Å². The number of carbonyl (C=O) groups is 2. The maximum Gasteiger partial charge on any atom is 0.332 e. The van der Waals surface area contributed by atoms with E-state index in [1.54, 1.807) is 12.1 Å². The number of nitrogens with one attached hydrogen (secondary N) is 1. The van der Waals surface area contributed by atoms with Gasteiger partial charge >= 0.3 is 5.97 Å². The van der Waals surface area contributed by atoms with Gasteiger partial charge in [0, 0.05) is 11.3 Å². The monoisotopic (exact) mass is 267 g/mol. The van der Waals surface area contributed by atoms with Crippen LogP contribution in [0.5, 0.6) is 0 Å². The molecule has 0 radical (unpaired) electrons. The van der Waals surface area contributed by atoms with Crippen molar-refractivity contribution in [2.45, 2.75) is 29.6 Å². The van der Waals surface area contributed by atoms with Gasteiger partial charge in [0.05, 0.1) is 10.9 Å². The van der Waals surface area contributed by atoms with Gasteiger partial charge in [-0.15, -0.1) is 11.8 Å². The zero-order valence-electron chi connectivity index (χ0n) is 9.71. The van der Waals surface area contributed by atoms with Crippen molar-refractivity contribution in [2.24, 2.45) is 0 Å². The quantitative estimate of drug-likeness (QED) is 0.763. The molecule has 1 aromatic carbocycles. The minimum atomic E-state index is -1.42. The number of thioether (sulfide) groups is 1. The van der Waals surface area contributed by atoms with Crippen molar-refractivity contribution in [1.29, 1.82) is 0 Å². The number of hydrogen-bond donors (Lipinski definition) is 3. The average molecular weight is 267 g/mol. The van der Waals surface area contributed by atoms with Gasteiger partial charge in [0.2, 0.25) is 5.91 Å². The number of anilines is 1. The van der Waals surface area contributed by atoms with Gasteiger partial charge in [-0.1, -0.05) is 6.07 Å². The molecule has 0 saturated carbocycles. The minimum absolute atomic E-state index is 0.0265. The fraction of sp³-hybridized carbons (Fsp3) is 0.333. The SMILES string of the molecule is CC1Sc2ccc(CC(O)C(=O)O)cc2NC1=O. The van der Waals surface area contributed by atoms with Crippen molar-refractivity contribution in [2.75, 3.05) is 5.32 Å². The number of aliphatic hydroxyl groups is 1. The number of fused-ring (bicyclic) bond motifs is 1. The van der Waals surface area contributed by atoms with Gasteiger partial charge in [0.15, 0.2) is 6.10 Å². The van der Waals surface area contributed by atoms with Crippen LogP contribution in [0.3, 0.4) is 0 Å². The van der Waals surface area contributed by atoms with E-state index in [-0.39, 0.29) is 17.6 Å². The molecule has 2 atom stereocenters. The zero-order valence-corrected chi connectivity index (χ0v) is 10.5. The van der Waals surface area contributed by atoms with Crippen LogP contribution in [-0.4, -0.2) is 33.4 Å². The number of aliphatic carboxylic acids is 1. The Bertz CT molecular complexity index is 503. The lowest BCUT2D eigenvalue weighted by atomic mass is 10.1.